The highest BCUT2D eigenvalue weighted by Crippen LogP contribution is 2.31. The highest BCUT2D eigenvalue weighted by Gasteiger charge is 2.20. The Bertz CT molecular complexity index is 936. The van der Waals surface area contributed by atoms with E-state index in [4.69, 9.17) is 0 Å². The fraction of sp³-hybridized carbons (Fsp3) is 0.429. The third-order valence-electron chi connectivity index (χ3n) is 5.28. The molecule has 0 radical (unpaired) electrons. The van der Waals surface area contributed by atoms with Gasteiger partial charge in [0.1, 0.15) is 4.83 Å². The summed E-state index contributed by atoms with van der Waals surface area (Å²) in [5.74, 6) is 0.0588. The number of carbonyl (C=O) groups is 1. The minimum Gasteiger partial charge on any atom is -0.349 e. The molecule has 0 spiro atoms. The number of carbonyl (C=O) groups excluding carboxylic acids is 1. The van der Waals surface area contributed by atoms with Crippen LogP contribution >= 0.6 is 27.3 Å². The van der Waals surface area contributed by atoms with Crippen LogP contribution < -0.4 is 5.32 Å². The molecule has 2 heterocycles. The normalized spacial score (nSPS) is 16.2. The first-order chi connectivity index (χ1) is 13.1. The van der Waals surface area contributed by atoms with Crippen molar-refractivity contribution in [2.24, 2.45) is 0 Å². The van der Waals surface area contributed by atoms with Crippen molar-refractivity contribution in [3.8, 4) is 5.69 Å². The number of nitrogens with zero attached hydrogens (tertiary/aromatic N) is 2. The van der Waals surface area contributed by atoms with E-state index in [-0.39, 0.29) is 5.91 Å². The lowest BCUT2D eigenvalue weighted by Gasteiger charge is -2.20. The second kappa shape index (κ2) is 8.15. The molecule has 1 amide bonds. The van der Waals surface area contributed by atoms with Crippen LogP contribution in [0.5, 0.6) is 0 Å². The van der Waals surface area contributed by atoms with E-state index in [1.54, 1.807) is 0 Å². The standard InChI is InChI=1S/C21H24BrN3OS/c1-14-18-13-19(20(26)23-16-7-5-3-2-4-6-8-16)27-21(18)25(24-14)17-11-9-15(22)10-12-17/h9-13,16H,2-8H2,1H3,(H,23,26). The summed E-state index contributed by atoms with van der Waals surface area (Å²) in [6, 6.07) is 10.4. The predicted molar refractivity (Wildman–Crippen MR) is 115 cm³/mol. The number of rotatable bonds is 3. The van der Waals surface area contributed by atoms with Crippen molar-refractivity contribution in [3.05, 3.63) is 45.4 Å². The molecule has 0 unspecified atom stereocenters. The van der Waals surface area contributed by atoms with Crippen LogP contribution in [0.15, 0.2) is 34.8 Å². The van der Waals surface area contributed by atoms with E-state index >= 15 is 0 Å². The van der Waals surface area contributed by atoms with Gasteiger partial charge >= 0.3 is 0 Å². The molecule has 3 aromatic rings. The molecule has 142 valence electrons. The Morgan fingerprint density at radius 2 is 1.81 bits per heavy atom. The summed E-state index contributed by atoms with van der Waals surface area (Å²) in [6.45, 7) is 2.00. The summed E-state index contributed by atoms with van der Waals surface area (Å²) >= 11 is 5.00. The average Bonchev–Trinajstić information content (AvgIpc) is 3.19. The highest BCUT2D eigenvalue weighted by atomic mass is 79.9. The number of halogens is 1. The molecule has 0 atom stereocenters. The second-order valence-electron chi connectivity index (χ2n) is 7.32. The fourth-order valence-corrected chi connectivity index (χ4v) is 5.12. The summed E-state index contributed by atoms with van der Waals surface area (Å²) in [4.78, 5) is 14.6. The van der Waals surface area contributed by atoms with E-state index in [0.717, 1.165) is 43.8 Å². The van der Waals surface area contributed by atoms with E-state index in [1.165, 1.54) is 43.4 Å². The number of aromatic nitrogens is 2. The predicted octanol–water partition coefficient (Wildman–Crippen LogP) is 6.00. The third kappa shape index (κ3) is 4.11. The van der Waals surface area contributed by atoms with Gasteiger partial charge in [0.15, 0.2) is 0 Å². The number of nitrogens with one attached hydrogen (secondary N) is 1. The van der Waals surface area contributed by atoms with Crippen LogP contribution in [0.25, 0.3) is 15.9 Å². The smallest absolute Gasteiger partial charge is 0.261 e. The van der Waals surface area contributed by atoms with Crippen molar-refractivity contribution >= 4 is 43.4 Å². The topological polar surface area (TPSA) is 46.9 Å². The summed E-state index contributed by atoms with van der Waals surface area (Å²) in [7, 11) is 0. The lowest BCUT2D eigenvalue weighted by atomic mass is 9.97. The molecule has 1 fully saturated rings. The van der Waals surface area contributed by atoms with Crippen LogP contribution in [0.3, 0.4) is 0 Å². The monoisotopic (exact) mass is 445 g/mol. The van der Waals surface area contributed by atoms with Gasteiger partial charge in [0.25, 0.3) is 5.91 Å². The number of fused-ring (bicyclic) bond motifs is 1. The number of aryl methyl sites for hydroxylation is 1. The van der Waals surface area contributed by atoms with Gasteiger partial charge in [-0.1, -0.05) is 48.0 Å². The van der Waals surface area contributed by atoms with E-state index in [9.17, 15) is 4.79 Å². The van der Waals surface area contributed by atoms with E-state index < -0.39 is 0 Å². The van der Waals surface area contributed by atoms with Crippen molar-refractivity contribution in [1.29, 1.82) is 0 Å². The molecule has 1 N–H and O–H groups in total. The number of benzene rings is 1. The molecule has 4 nitrogen and oxygen atoms in total. The lowest BCUT2D eigenvalue weighted by Crippen LogP contribution is -2.34. The van der Waals surface area contributed by atoms with E-state index in [1.807, 2.05) is 41.9 Å². The number of hydrogen-bond acceptors (Lipinski definition) is 3. The molecule has 0 aliphatic heterocycles. The van der Waals surface area contributed by atoms with Crippen molar-refractivity contribution in [2.45, 2.75) is 57.9 Å². The quantitative estimate of drug-likeness (QED) is 0.536. The zero-order valence-electron chi connectivity index (χ0n) is 15.5. The zero-order chi connectivity index (χ0) is 18.8. The minimum absolute atomic E-state index is 0.0588. The maximum absolute atomic E-state index is 12.8. The average molecular weight is 446 g/mol. The van der Waals surface area contributed by atoms with Crippen LogP contribution in [0.4, 0.5) is 0 Å². The minimum atomic E-state index is 0.0588. The van der Waals surface area contributed by atoms with Crippen molar-refractivity contribution < 1.29 is 4.79 Å². The lowest BCUT2D eigenvalue weighted by molar-refractivity contribution is 0.0934. The maximum atomic E-state index is 12.8. The second-order valence-corrected chi connectivity index (χ2v) is 9.26. The molecular formula is C21H24BrN3OS. The van der Waals surface area contributed by atoms with Crippen LogP contribution in [0.2, 0.25) is 0 Å². The van der Waals surface area contributed by atoms with Gasteiger partial charge in [0.2, 0.25) is 0 Å². The van der Waals surface area contributed by atoms with Gasteiger partial charge in [-0.3, -0.25) is 4.79 Å². The molecule has 1 aliphatic carbocycles. The first-order valence-corrected chi connectivity index (χ1v) is 11.3. The Balaban J connectivity index is 1.58. The molecular weight excluding hydrogens is 422 g/mol. The molecule has 4 rings (SSSR count). The zero-order valence-corrected chi connectivity index (χ0v) is 17.9. The first-order valence-electron chi connectivity index (χ1n) is 9.68. The SMILES string of the molecule is Cc1nn(-c2ccc(Br)cc2)c2sc(C(=O)NC3CCCCCCC3)cc12. The molecule has 27 heavy (non-hydrogen) atoms. The fourth-order valence-electron chi connectivity index (χ4n) is 3.77. The molecule has 1 aliphatic rings. The van der Waals surface area contributed by atoms with E-state index in [0.29, 0.717) is 6.04 Å². The van der Waals surface area contributed by atoms with Gasteiger partial charge in [-0.15, -0.1) is 11.3 Å². The van der Waals surface area contributed by atoms with Gasteiger partial charge in [-0.05, 0) is 50.1 Å². The van der Waals surface area contributed by atoms with Crippen LogP contribution in [-0.2, 0) is 0 Å². The Morgan fingerprint density at radius 1 is 1.15 bits per heavy atom. The van der Waals surface area contributed by atoms with E-state index in [2.05, 4.69) is 26.3 Å². The molecule has 2 aromatic heterocycles. The van der Waals surface area contributed by atoms with Gasteiger partial charge in [-0.25, -0.2) is 4.68 Å². The molecule has 1 aromatic carbocycles. The van der Waals surface area contributed by atoms with Crippen molar-refractivity contribution in [1.82, 2.24) is 15.1 Å². The third-order valence-corrected chi connectivity index (χ3v) is 6.92. The summed E-state index contributed by atoms with van der Waals surface area (Å²) in [5, 5.41) is 9.00. The van der Waals surface area contributed by atoms with Gasteiger partial charge in [-0.2, -0.15) is 5.10 Å². The summed E-state index contributed by atoms with van der Waals surface area (Å²) in [6.07, 6.45) is 8.55. The molecule has 1 saturated carbocycles. The summed E-state index contributed by atoms with van der Waals surface area (Å²) in [5.41, 5.74) is 1.96. The van der Waals surface area contributed by atoms with Crippen LogP contribution in [0.1, 0.15) is 60.3 Å². The van der Waals surface area contributed by atoms with Crippen molar-refractivity contribution in [3.63, 3.8) is 0 Å². The Hall–Kier alpha value is -1.66. The number of hydrogen-bond donors (Lipinski definition) is 1. The molecule has 0 saturated heterocycles. The molecule has 6 heteroatoms. The largest absolute Gasteiger partial charge is 0.349 e. The van der Waals surface area contributed by atoms with Gasteiger partial charge < -0.3 is 5.32 Å². The van der Waals surface area contributed by atoms with Crippen LogP contribution in [0, 0.1) is 6.92 Å². The highest BCUT2D eigenvalue weighted by molar-refractivity contribution is 9.10. The Labute approximate surface area is 172 Å². The Kier molecular flexibility index (Phi) is 5.64. The molecule has 0 bridgehead atoms. The van der Waals surface area contributed by atoms with Gasteiger partial charge in [0.05, 0.1) is 16.3 Å². The summed E-state index contributed by atoms with van der Waals surface area (Å²) < 4.78 is 2.98. The Morgan fingerprint density at radius 3 is 2.52 bits per heavy atom. The first kappa shape index (κ1) is 18.7. The number of thiophene rings is 1. The van der Waals surface area contributed by atoms with Crippen LogP contribution in [-0.4, -0.2) is 21.7 Å². The van der Waals surface area contributed by atoms with Gasteiger partial charge in [0, 0.05) is 15.9 Å². The maximum Gasteiger partial charge on any atom is 0.261 e. The van der Waals surface area contributed by atoms with Crippen molar-refractivity contribution in [2.75, 3.05) is 0 Å². The number of amides is 1.